The van der Waals surface area contributed by atoms with Gasteiger partial charge in [0.25, 0.3) is 0 Å². The van der Waals surface area contributed by atoms with Crippen LogP contribution in [0.2, 0.25) is 0 Å². The van der Waals surface area contributed by atoms with Crippen LogP contribution in [0.5, 0.6) is 0 Å². The first-order valence-corrected chi connectivity index (χ1v) is 6.41. The summed E-state index contributed by atoms with van der Waals surface area (Å²) in [5, 5.41) is 12.5. The number of aliphatic hydroxyl groups is 1. The molecule has 1 saturated carbocycles. The molecule has 1 aliphatic rings. The van der Waals surface area contributed by atoms with Crippen LogP contribution in [0.4, 0.5) is 4.39 Å². The molecule has 1 heterocycles. The first kappa shape index (κ1) is 12.4. The van der Waals surface area contributed by atoms with E-state index in [4.69, 9.17) is 4.42 Å². The minimum atomic E-state index is -0.254. The Bertz CT molecular complexity index is 558. The van der Waals surface area contributed by atoms with Gasteiger partial charge in [-0.1, -0.05) is 0 Å². The quantitative estimate of drug-likeness (QED) is 0.869. The van der Waals surface area contributed by atoms with Crippen molar-refractivity contribution in [3.05, 3.63) is 48.0 Å². The van der Waals surface area contributed by atoms with Crippen LogP contribution in [-0.2, 0) is 6.54 Å². The zero-order chi connectivity index (χ0) is 13.3. The molecule has 0 spiro atoms. The van der Waals surface area contributed by atoms with Gasteiger partial charge >= 0.3 is 0 Å². The molecule has 100 valence electrons. The normalized spacial score (nSPS) is 16.5. The van der Waals surface area contributed by atoms with Gasteiger partial charge in [-0.3, -0.25) is 0 Å². The average Bonchev–Trinajstić information content (AvgIpc) is 3.07. The van der Waals surface area contributed by atoms with E-state index in [1.807, 2.05) is 12.1 Å². The van der Waals surface area contributed by atoms with Crippen molar-refractivity contribution >= 4 is 0 Å². The van der Waals surface area contributed by atoms with Gasteiger partial charge in [-0.05, 0) is 49.2 Å². The van der Waals surface area contributed by atoms with Crippen LogP contribution in [0, 0.1) is 5.82 Å². The molecule has 3 rings (SSSR count). The maximum absolute atomic E-state index is 12.8. The van der Waals surface area contributed by atoms with E-state index < -0.39 is 0 Å². The highest BCUT2D eigenvalue weighted by molar-refractivity contribution is 5.57. The van der Waals surface area contributed by atoms with E-state index >= 15 is 0 Å². The monoisotopic (exact) mass is 261 g/mol. The van der Waals surface area contributed by atoms with E-state index in [0.717, 1.165) is 29.9 Å². The highest BCUT2D eigenvalue weighted by atomic mass is 19.1. The molecule has 4 heteroatoms. The summed E-state index contributed by atoms with van der Waals surface area (Å²) in [6.45, 7) is 0.764. The van der Waals surface area contributed by atoms with Crippen molar-refractivity contribution in [2.75, 3.05) is 6.61 Å². The Hall–Kier alpha value is -1.65. The SMILES string of the molecule is OCC1(NCc2ccc(-c3ccc(F)cc3)o2)CC1. The Morgan fingerprint density at radius 3 is 2.53 bits per heavy atom. The van der Waals surface area contributed by atoms with Gasteiger partial charge in [0.15, 0.2) is 0 Å². The first-order valence-electron chi connectivity index (χ1n) is 6.41. The molecule has 2 N–H and O–H groups in total. The molecule has 0 amide bonds. The van der Waals surface area contributed by atoms with Gasteiger partial charge in [0.2, 0.25) is 0 Å². The molecule has 1 aromatic carbocycles. The molecule has 0 atom stereocenters. The fourth-order valence-electron chi connectivity index (χ4n) is 2.06. The predicted octanol–water partition coefficient (Wildman–Crippen LogP) is 2.70. The van der Waals surface area contributed by atoms with Crippen LogP contribution in [0.1, 0.15) is 18.6 Å². The summed E-state index contributed by atoms with van der Waals surface area (Å²) in [7, 11) is 0. The van der Waals surface area contributed by atoms with Crippen LogP contribution in [-0.4, -0.2) is 17.3 Å². The summed E-state index contributed by atoms with van der Waals surface area (Å²) in [5.74, 6) is 1.29. The Morgan fingerprint density at radius 1 is 1.16 bits per heavy atom. The molecular weight excluding hydrogens is 245 g/mol. The van der Waals surface area contributed by atoms with E-state index in [-0.39, 0.29) is 18.0 Å². The number of furan rings is 1. The van der Waals surface area contributed by atoms with Crippen LogP contribution in [0.15, 0.2) is 40.8 Å². The van der Waals surface area contributed by atoms with Crippen molar-refractivity contribution < 1.29 is 13.9 Å². The molecule has 1 fully saturated rings. The molecule has 0 radical (unpaired) electrons. The van der Waals surface area contributed by atoms with Crippen molar-refractivity contribution in [3.63, 3.8) is 0 Å². The summed E-state index contributed by atoms with van der Waals surface area (Å²) >= 11 is 0. The van der Waals surface area contributed by atoms with E-state index in [0.29, 0.717) is 6.54 Å². The van der Waals surface area contributed by atoms with E-state index in [1.165, 1.54) is 12.1 Å². The Labute approximate surface area is 111 Å². The largest absolute Gasteiger partial charge is 0.460 e. The number of halogens is 1. The summed E-state index contributed by atoms with van der Waals surface area (Å²) in [4.78, 5) is 0. The smallest absolute Gasteiger partial charge is 0.134 e. The fraction of sp³-hybridized carbons (Fsp3) is 0.333. The van der Waals surface area contributed by atoms with Gasteiger partial charge in [0.05, 0.1) is 13.2 Å². The van der Waals surface area contributed by atoms with Crippen molar-refractivity contribution in [3.8, 4) is 11.3 Å². The summed E-state index contributed by atoms with van der Waals surface area (Å²) in [6.07, 6.45) is 2.02. The number of nitrogens with one attached hydrogen (secondary N) is 1. The highest BCUT2D eigenvalue weighted by Gasteiger charge is 2.41. The third-order valence-corrected chi connectivity index (χ3v) is 3.58. The Balaban J connectivity index is 1.67. The van der Waals surface area contributed by atoms with E-state index in [1.54, 1.807) is 12.1 Å². The zero-order valence-corrected chi connectivity index (χ0v) is 10.5. The second kappa shape index (κ2) is 4.79. The van der Waals surface area contributed by atoms with Gasteiger partial charge in [-0.2, -0.15) is 0 Å². The summed E-state index contributed by atoms with van der Waals surface area (Å²) < 4.78 is 18.6. The van der Waals surface area contributed by atoms with E-state index in [2.05, 4.69) is 5.32 Å². The second-order valence-corrected chi connectivity index (χ2v) is 5.06. The van der Waals surface area contributed by atoms with Gasteiger partial charge in [-0.15, -0.1) is 0 Å². The minimum absolute atomic E-state index is 0.0944. The Kier molecular flexibility index (Phi) is 3.12. The number of aliphatic hydroxyl groups excluding tert-OH is 1. The van der Waals surface area contributed by atoms with E-state index in [9.17, 15) is 9.50 Å². The van der Waals surface area contributed by atoms with Crippen molar-refractivity contribution in [1.29, 1.82) is 0 Å². The molecule has 19 heavy (non-hydrogen) atoms. The first-order chi connectivity index (χ1) is 9.21. The van der Waals surface area contributed by atoms with Crippen LogP contribution < -0.4 is 5.32 Å². The van der Waals surface area contributed by atoms with Gasteiger partial charge in [0.1, 0.15) is 17.3 Å². The molecule has 3 nitrogen and oxygen atoms in total. The minimum Gasteiger partial charge on any atom is -0.460 e. The van der Waals surface area contributed by atoms with Crippen molar-refractivity contribution in [1.82, 2.24) is 5.32 Å². The molecular formula is C15H16FNO2. The average molecular weight is 261 g/mol. The zero-order valence-electron chi connectivity index (χ0n) is 10.5. The second-order valence-electron chi connectivity index (χ2n) is 5.06. The lowest BCUT2D eigenvalue weighted by Gasteiger charge is -2.12. The summed E-state index contributed by atoms with van der Waals surface area (Å²) in [6, 6.07) is 10.0. The predicted molar refractivity (Wildman–Crippen MR) is 70.0 cm³/mol. The lowest BCUT2D eigenvalue weighted by Crippen LogP contribution is -2.33. The fourth-order valence-corrected chi connectivity index (χ4v) is 2.06. The molecule has 2 aromatic rings. The molecule has 0 bridgehead atoms. The Morgan fingerprint density at radius 2 is 1.89 bits per heavy atom. The van der Waals surface area contributed by atoms with Gasteiger partial charge < -0.3 is 14.8 Å². The summed E-state index contributed by atoms with van der Waals surface area (Å²) in [5.41, 5.74) is 0.763. The lowest BCUT2D eigenvalue weighted by molar-refractivity contribution is 0.227. The molecule has 1 aliphatic carbocycles. The molecule has 1 aromatic heterocycles. The highest BCUT2D eigenvalue weighted by Crippen LogP contribution is 2.35. The van der Waals surface area contributed by atoms with Crippen molar-refractivity contribution in [2.45, 2.75) is 24.9 Å². The standard InChI is InChI=1S/C15H16FNO2/c16-12-3-1-11(2-4-12)14-6-5-13(19-14)9-17-15(10-18)7-8-15/h1-6,17-18H,7-10H2. The van der Waals surface area contributed by atoms with Crippen LogP contribution >= 0.6 is 0 Å². The topological polar surface area (TPSA) is 45.4 Å². The van der Waals surface area contributed by atoms with Gasteiger partial charge in [-0.25, -0.2) is 4.39 Å². The van der Waals surface area contributed by atoms with Crippen molar-refractivity contribution in [2.24, 2.45) is 0 Å². The van der Waals surface area contributed by atoms with Crippen LogP contribution in [0.25, 0.3) is 11.3 Å². The number of rotatable bonds is 5. The van der Waals surface area contributed by atoms with Crippen LogP contribution in [0.3, 0.4) is 0 Å². The maximum Gasteiger partial charge on any atom is 0.134 e. The third kappa shape index (κ3) is 2.69. The molecule has 0 saturated heterocycles. The van der Waals surface area contributed by atoms with Gasteiger partial charge in [0, 0.05) is 11.1 Å². The number of hydrogen-bond donors (Lipinski definition) is 2. The number of hydrogen-bond acceptors (Lipinski definition) is 3. The molecule has 0 aliphatic heterocycles. The lowest BCUT2D eigenvalue weighted by atomic mass is 10.2. The maximum atomic E-state index is 12.8. The molecule has 0 unspecified atom stereocenters. The third-order valence-electron chi connectivity index (χ3n) is 3.58. The number of benzene rings is 1.